The number of aryl methyl sites for hydroxylation is 1. The number of rotatable bonds is 6. The predicted molar refractivity (Wildman–Crippen MR) is 87.4 cm³/mol. The Morgan fingerprint density at radius 2 is 1.68 bits per heavy atom. The third-order valence-corrected chi connectivity index (χ3v) is 3.33. The lowest BCUT2D eigenvalue weighted by molar-refractivity contribution is -0.116. The molecule has 0 bridgehead atoms. The maximum Gasteiger partial charge on any atom is 0.224 e. The number of nitrogens with two attached hydrogens (primary N) is 1. The van der Waals surface area contributed by atoms with Crippen LogP contribution in [0.3, 0.4) is 0 Å². The molecule has 0 fully saturated rings. The fourth-order valence-corrected chi connectivity index (χ4v) is 2.04. The van der Waals surface area contributed by atoms with Crippen molar-refractivity contribution >= 4 is 17.3 Å². The summed E-state index contributed by atoms with van der Waals surface area (Å²) in [5.41, 5.74) is 8.04. The lowest BCUT2D eigenvalue weighted by Gasteiger charge is -2.10. The highest BCUT2D eigenvalue weighted by Gasteiger charge is 2.07. The number of methoxy groups -OCH3 is 2. The Morgan fingerprint density at radius 1 is 1.05 bits per heavy atom. The highest BCUT2D eigenvalue weighted by molar-refractivity contribution is 5.94. The molecule has 116 valence electrons. The zero-order valence-electron chi connectivity index (χ0n) is 12.8. The summed E-state index contributed by atoms with van der Waals surface area (Å²) in [5.74, 6) is 1.39. The Morgan fingerprint density at radius 3 is 2.27 bits per heavy atom. The van der Waals surface area contributed by atoms with E-state index in [4.69, 9.17) is 15.2 Å². The van der Waals surface area contributed by atoms with Crippen LogP contribution >= 0.6 is 0 Å². The molecule has 0 unspecified atom stereocenters. The van der Waals surface area contributed by atoms with Crippen molar-refractivity contribution in [3.8, 4) is 11.5 Å². The summed E-state index contributed by atoms with van der Waals surface area (Å²) in [7, 11) is 3.20. The van der Waals surface area contributed by atoms with Crippen molar-refractivity contribution in [1.82, 2.24) is 0 Å². The van der Waals surface area contributed by atoms with Gasteiger partial charge in [0.05, 0.1) is 25.6 Å². The number of nitrogen functional groups attached to an aromatic ring is 1. The third-order valence-electron chi connectivity index (χ3n) is 3.33. The van der Waals surface area contributed by atoms with Gasteiger partial charge in [0.2, 0.25) is 5.91 Å². The summed E-state index contributed by atoms with van der Waals surface area (Å²) in [6, 6.07) is 12.8. The SMILES string of the molecule is COc1ccc(CCC(=O)Nc2ccc(OC)cc2N)cc1. The molecule has 2 aromatic rings. The first kappa shape index (κ1) is 15.7. The Hall–Kier alpha value is -2.69. The van der Waals surface area contributed by atoms with E-state index >= 15 is 0 Å². The van der Waals surface area contributed by atoms with Gasteiger partial charge in [-0.1, -0.05) is 12.1 Å². The van der Waals surface area contributed by atoms with Gasteiger partial charge >= 0.3 is 0 Å². The van der Waals surface area contributed by atoms with E-state index in [9.17, 15) is 4.79 Å². The summed E-state index contributed by atoms with van der Waals surface area (Å²) < 4.78 is 10.2. The third kappa shape index (κ3) is 4.15. The quantitative estimate of drug-likeness (QED) is 0.805. The molecule has 0 saturated carbocycles. The summed E-state index contributed by atoms with van der Waals surface area (Å²) in [4.78, 5) is 12.0. The van der Waals surface area contributed by atoms with Crippen molar-refractivity contribution in [1.29, 1.82) is 0 Å². The van der Waals surface area contributed by atoms with Crippen LogP contribution in [0.2, 0.25) is 0 Å². The largest absolute Gasteiger partial charge is 0.497 e. The first-order valence-electron chi connectivity index (χ1n) is 6.98. The van der Waals surface area contributed by atoms with Crippen LogP contribution in [0.25, 0.3) is 0 Å². The number of ether oxygens (including phenoxy) is 2. The van der Waals surface area contributed by atoms with Gasteiger partial charge in [-0.3, -0.25) is 4.79 Å². The zero-order valence-corrected chi connectivity index (χ0v) is 12.8. The zero-order chi connectivity index (χ0) is 15.9. The highest BCUT2D eigenvalue weighted by Crippen LogP contribution is 2.24. The molecule has 3 N–H and O–H groups in total. The number of hydrogen-bond donors (Lipinski definition) is 2. The molecule has 0 radical (unpaired) electrons. The second kappa shape index (κ2) is 7.36. The van der Waals surface area contributed by atoms with Crippen LogP contribution in [0.1, 0.15) is 12.0 Å². The van der Waals surface area contributed by atoms with E-state index in [1.165, 1.54) is 0 Å². The van der Waals surface area contributed by atoms with Crippen LogP contribution in [0.4, 0.5) is 11.4 Å². The molecular weight excluding hydrogens is 280 g/mol. The Labute approximate surface area is 130 Å². The van der Waals surface area contributed by atoms with Crippen molar-refractivity contribution in [2.24, 2.45) is 0 Å². The molecule has 0 aliphatic heterocycles. The van der Waals surface area contributed by atoms with Crippen LogP contribution < -0.4 is 20.5 Å². The van der Waals surface area contributed by atoms with Crippen LogP contribution in [-0.4, -0.2) is 20.1 Å². The van der Waals surface area contributed by atoms with Crippen molar-refractivity contribution < 1.29 is 14.3 Å². The van der Waals surface area contributed by atoms with E-state index in [1.54, 1.807) is 32.4 Å². The number of carbonyl (C=O) groups excluding carboxylic acids is 1. The number of anilines is 2. The van der Waals surface area contributed by atoms with Crippen LogP contribution in [0.5, 0.6) is 11.5 Å². The molecule has 0 aromatic heterocycles. The molecule has 0 atom stereocenters. The van der Waals surface area contributed by atoms with Gasteiger partial charge in [-0.25, -0.2) is 0 Å². The molecular formula is C17H20N2O3. The van der Waals surface area contributed by atoms with Crippen LogP contribution in [-0.2, 0) is 11.2 Å². The monoisotopic (exact) mass is 300 g/mol. The molecule has 0 spiro atoms. The smallest absolute Gasteiger partial charge is 0.224 e. The summed E-state index contributed by atoms with van der Waals surface area (Å²) >= 11 is 0. The van der Waals surface area contributed by atoms with Crippen LogP contribution in [0.15, 0.2) is 42.5 Å². The van der Waals surface area contributed by atoms with Crippen molar-refractivity contribution in [3.05, 3.63) is 48.0 Å². The fourth-order valence-electron chi connectivity index (χ4n) is 2.04. The van der Waals surface area contributed by atoms with E-state index in [1.807, 2.05) is 24.3 Å². The first-order valence-corrected chi connectivity index (χ1v) is 6.98. The predicted octanol–water partition coefficient (Wildman–Crippen LogP) is 2.86. The maximum atomic E-state index is 12.0. The number of nitrogens with one attached hydrogen (secondary N) is 1. The first-order chi connectivity index (χ1) is 10.6. The van der Waals surface area contributed by atoms with E-state index < -0.39 is 0 Å². The van der Waals surface area contributed by atoms with Crippen molar-refractivity contribution in [2.75, 3.05) is 25.3 Å². The summed E-state index contributed by atoms with van der Waals surface area (Å²) in [6.45, 7) is 0. The topological polar surface area (TPSA) is 73.6 Å². The Kier molecular flexibility index (Phi) is 5.25. The van der Waals surface area contributed by atoms with Crippen molar-refractivity contribution in [3.63, 3.8) is 0 Å². The number of amides is 1. The van der Waals surface area contributed by atoms with Gasteiger partial charge in [-0.2, -0.15) is 0 Å². The Bertz CT molecular complexity index is 639. The average Bonchev–Trinajstić information content (AvgIpc) is 2.55. The van der Waals surface area contributed by atoms with Gasteiger partial charge in [0.15, 0.2) is 0 Å². The minimum Gasteiger partial charge on any atom is -0.497 e. The molecule has 5 nitrogen and oxygen atoms in total. The Balaban J connectivity index is 1.89. The van der Waals surface area contributed by atoms with Crippen molar-refractivity contribution in [2.45, 2.75) is 12.8 Å². The second-order valence-electron chi connectivity index (χ2n) is 4.85. The average molecular weight is 300 g/mol. The second-order valence-corrected chi connectivity index (χ2v) is 4.85. The molecule has 0 heterocycles. The van der Waals surface area contributed by atoms with E-state index in [2.05, 4.69) is 5.32 Å². The number of hydrogen-bond acceptors (Lipinski definition) is 4. The lowest BCUT2D eigenvalue weighted by Crippen LogP contribution is -2.13. The number of benzene rings is 2. The van der Waals surface area contributed by atoms with E-state index in [0.29, 0.717) is 30.0 Å². The molecule has 0 saturated heterocycles. The van der Waals surface area contributed by atoms with Gasteiger partial charge in [0.25, 0.3) is 0 Å². The molecule has 5 heteroatoms. The molecule has 2 aromatic carbocycles. The number of carbonyl (C=O) groups is 1. The molecule has 1 amide bonds. The van der Waals surface area contributed by atoms with E-state index in [0.717, 1.165) is 11.3 Å². The molecule has 0 aliphatic carbocycles. The maximum absolute atomic E-state index is 12.0. The standard InChI is InChI=1S/C17H20N2O3/c1-21-13-6-3-12(4-7-13)5-10-17(20)19-16-9-8-14(22-2)11-15(16)18/h3-4,6-9,11H,5,10,18H2,1-2H3,(H,19,20). The summed E-state index contributed by atoms with van der Waals surface area (Å²) in [6.07, 6.45) is 1.05. The minimum atomic E-state index is -0.0762. The van der Waals surface area contributed by atoms with Gasteiger partial charge in [-0.05, 0) is 36.2 Å². The fraction of sp³-hybridized carbons (Fsp3) is 0.235. The lowest BCUT2D eigenvalue weighted by atomic mass is 10.1. The molecule has 2 rings (SSSR count). The molecule has 0 aliphatic rings. The molecule has 22 heavy (non-hydrogen) atoms. The normalized spacial score (nSPS) is 10.1. The van der Waals surface area contributed by atoms with Gasteiger partial charge in [0.1, 0.15) is 11.5 Å². The summed E-state index contributed by atoms with van der Waals surface area (Å²) in [5, 5.41) is 2.81. The van der Waals surface area contributed by atoms with E-state index in [-0.39, 0.29) is 5.91 Å². The van der Waals surface area contributed by atoms with Gasteiger partial charge in [0, 0.05) is 12.5 Å². The highest BCUT2D eigenvalue weighted by atomic mass is 16.5. The van der Waals surface area contributed by atoms with Crippen LogP contribution in [0, 0.1) is 0 Å². The van der Waals surface area contributed by atoms with Gasteiger partial charge < -0.3 is 20.5 Å². The van der Waals surface area contributed by atoms with Gasteiger partial charge in [-0.15, -0.1) is 0 Å². The minimum absolute atomic E-state index is 0.0762.